The Balaban J connectivity index is 1.38. The van der Waals surface area contributed by atoms with Crippen LogP contribution in [0.25, 0.3) is 0 Å². The Morgan fingerprint density at radius 2 is 1.86 bits per heavy atom. The van der Waals surface area contributed by atoms with Gasteiger partial charge in [-0.3, -0.25) is 9.59 Å². The Morgan fingerprint density at radius 3 is 2.57 bits per heavy atom. The van der Waals surface area contributed by atoms with Gasteiger partial charge in [0.05, 0.1) is 11.6 Å². The molecule has 2 fully saturated rings. The number of carbonyl (C=O) groups excluding carboxylic acids is 2. The van der Waals surface area contributed by atoms with E-state index in [-0.39, 0.29) is 17.9 Å². The summed E-state index contributed by atoms with van der Waals surface area (Å²) in [5, 5.41) is 6.46. The molecule has 0 spiro atoms. The Kier molecular flexibility index (Phi) is 7.07. The van der Waals surface area contributed by atoms with Crippen LogP contribution in [-0.4, -0.2) is 60.7 Å². The second-order valence-electron chi connectivity index (χ2n) is 11.2. The van der Waals surface area contributed by atoms with E-state index in [9.17, 15) is 9.59 Å². The van der Waals surface area contributed by atoms with E-state index >= 15 is 0 Å². The number of carbonyl (C=O) groups is 2. The molecule has 198 valence electrons. The van der Waals surface area contributed by atoms with Gasteiger partial charge in [-0.15, -0.1) is 0 Å². The van der Waals surface area contributed by atoms with Crippen molar-refractivity contribution in [1.29, 1.82) is 0 Å². The van der Waals surface area contributed by atoms with E-state index in [1.807, 2.05) is 46.0 Å². The van der Waals surface area contributed by atoms with Gasteiger partial charge in [-0.2, -0.15) is 4.98 Å². The molecule has 37 heavy (non-hydrogen) atoms. The van der Waals surface area contributed by atoms with E-state index in [1.165, 1.54) is 12.8 Å². The molecular formula is C28H38N6O3. The average molecular weight is 507 g/mol. The largest absolute Gasteiger partial charge is 0.381 e. The summed E-state index contributed by atoms with van der Waals surface area (Å²) in [5.74, 6) is 1.29. The highest BCUT2D eigenvalue weighted by Gasteiger charge is 2.41. The number of aryl methyl sites for hydroxylation is 1. The summed E-state index contributed by atoms with van der Waals surface area (Å²) in [6.45, 7) is 7.99. The number of benzene rings is 1. The van der Waals surface area contributed by atoms with Gasteiger partial charge in [0.15, 0.2) is 5.82 Å². The number of rotatable bonds is 5. The molecule has 1 aromatic carbocycles. The van der Waals surface area contributed by atoms with Crippen LogP contribution in [0.1, 0.15) is 68.3 Å². The van der Waals surface area contributed by atoms with Crippen molar-refractivity contribution in [2.24, 2.45) is 5.41 Å². The lowest BCUT2D eigenvalue weighted by atomic mass is 9.91. The molecule has 2 N–H and O–H groups in total. The molecule has 0 bridgehead atoms. The Labute approximate surface area is 219 Å². The van der Waals surface area contributed by atoms with Gasteiger partial charge < -0.3 is 25.2 Å². The highest BCUT2D eigenvalue weighted by molar-refractivity contribution is 6.01. The zero-order valence-corrected chi connectivity index (χ0v) is 22.3. The predicted octanol–water partition coefficient (Wildman–Crippen LogP) is 4.19. The summed E-state index contributed by atoms with van der Waals surface area (Å²) in [5.41, 5.74) is 2.62. The standard InChI is InChI=1S/C28H38N6O3/c1-18-15-19(25(35)30-20-11-13-37-14-12-20)9-10-22(18)31-27-29-16-23-24(32-27)34(21-7-5-6-8-21)17-28(2,3)26(36)33(23)4/h9-10,15-16,20-21H,5-8,11-14,17H2,1-4H3,(H,30,35)(H,29,31,32). The first kappa shape index (κ1) is 25.4. The molecule has 0 radical (unpaired) electrons. The molecule has 9 heteroatoms. The first-order valence-electron chi connectivity index (χ1n) is 13.4. The molecule has 3 aliphatic rings. The highest BCUT2D eigenvalue weighted by atomic mass is 16.5. The number of aromatic nitrogens is 2. The van der Waals surface area contributed by atoms with Crippen LogP contribution < -0.4 is 20.4 Å². The van der Waals surface area contributed by atoms with E-state index in [4.69, 9.17) is 9.72 Å². The molecule has 9 nitrogen and oxygen atoms in total. The van der Waals surface area contributed by atoms with Crippen molar-refractivity contribution in [1.82, 2.24) is 15.3 Å². The van der Waals surface area contributed by atoms with Gasteiger partial charge in [0.2, 0.25) is 11.9 Å². The molecule has 0 atom stereocenters. The van der Waals surface area contributed by atoms with E-state index in [0.717, 1.165) is 48.4 Å². The lowest BCUT2D eigenvalue weighted by molar-refractivity contribution is -0.125. The minimum atomic E-state index is -0.525. The van der Waals surface area contributed by atoms with Gasteiger partial charge in [-0.25, -0.2) is 4.98 Å². The first-order chi connectivity index (χ1) is 17.7. The predicted molar refractivity (Wildman–Crippen MR) is 145 cm³/mol. The van der Waals surface area contributed by atoms with E-state index in [0.29, 0.717) is 37.3 Å². The van der Waals surface area contributed by atoms with Crippen LogP contribution in [0.3, 0.4) is 0 Å². The maximum absolute atomic E-state index is 13.2. The van der Waals surface area contributed by atoms with Crippen molar-refractivity contribution in [3.8, 4) is 0 Å². The quantitative estimate of drug-likeness (QED) is 0.627. The van der Waals surface area contributed by atoms with Crippen LogP contribution in [0.15, 0.2) is 24.4 Å². The number of anilines is 4. The number of hydrogen-bond donors (Lipinski definition) is 2. The second-order valence-corrected chi connectivity index (χ2v) is 11.2. The zero-order chi connectivity index (χ0) is 26.2. The number of hydrogen-bond acceptors (Lipinski definition) is 7. The lowest BCUT2D eigenvalue weighted by Crippen LogP contribution is -2.45. The Hall–Kier alpha value is -3.20. The number of fused-ring (bicyclic) bond motifs is 1. The first-order valence-corrected chi connectivity index (χ1v) is 13.4. The lowest BCUT2D eigenvalue weighted by Gasteiger charge is -2.34. The van der Waals surface area contributed by atoms with E-state index < -0.39 is 5.41 Å². The van der Waals surface area contributed by atoms with Crippen LogP contribution in [0, 0.1) is 12.3 Å². The van der Waals surface area contributed by atoms with Crippen molar-refractivity contribution in [2.75, 3.05) is 41.9 Å². The fourth-order valence-electron chi connectivity index (χ4n) is 5.70. The normalized spacial score (nSPS) is 20.5. The highest BCUT2D eigenvalue weighted by Crippen LogP contribution is 2.40. The number of amides is 2. The van der Waals surface area contributed by atoms with Crippen LogP contribution in [0.4, 0.5) is 23.1 Å². The average Bonchev–Trinajstić information content (AvgIpc) is 3.41. The summed E-state index contributed by atoms with van der Waals surface area (Å²) < 4.78 is 5.38. The van der Waals surface area contributed by atoms with Crippen LogP contribution in [-0.2, 0) is 9.53 Å². The molecule has 0 unspecified atom stereocenters. The molecule has 2 aromatic rings. The van der Waals surface area contributed by atoms with E-state index in [2.05, 4.69) is 20.5 Å². The SMILES string of the molecule is Cc1cc(C(=O)NC2CCOCC2)ccc1Nc1ncc2c(n1)N(C1CCCC1)CC(C)(C)C(=O)N2C. The zero-order valence-electron chi connectivity index (χ0n) is 22.3. The van der Waals surface area contributed by atoms with Crippen LogP contribution >= 0.6 is 0 Å². The van der Waals surface area contributed by atoms with Crippen molar-refractivity contribution in [3.05, 3.63) is 35.5 Å². The fourth-order valence-corrected chi connectivity index (χ4v) is 5.70. The second kappa shape index (κ2) is 10.3. The molecular weight excluding hydrogens is 468 g/mol. The van der Waals surface area contributed by atoms with Crippen molar-refractivity contribution >= 4 is 35.0 Å². The summed E-state index contributed by atoms with van der Waals surface area (Å²) >= 11 is 0. The minimum absolute atomic E-state index is 0.0645. The van der Waals surface area contributed by atoms with E-state index in [1.54, 1.807) is 11.1 Å². The van der Waals surface area contributed by atoms with Gasteiger partial charge in [0, 0.05) is 50.1 Å². The third-order valence-corrected chi connectivity index (χ3v) is 7.89. The minimum Gasteiger partial charge on any atom is -0.381 e. The molecule has 1 aromatic heterocycles. The molecule has 1 saturated heterocycles. The fraction of sp³-hybridized carbons (Fsp3) is 0.571. The Bertz CT molecular complexity index is 1170. The van der Waals surface area contributed by atoms with Crippen LogP contribution in [0.2, 0.25) is 0 Å². The van der Waals surface area contributed by atoms with Gasteiger partial charge in [-0.1, -0.05) is 12.8 Å². The smallest absolute Gasteiger partial charge is 0.251 e. The molecule has 3 heterocycles. The topological polar surface area (TPSA) is 99.7 Å². The van der Waals surface area contributed by atoms with Gasteiger partial charge in [0.1, 0.15) is 5.69 Å². The van der Waals surface area contributed by atoms with Crippen molar-refractivity contribution in [2.45, 2.75) is 71.4 Å². The molecule has 1 aliphatic carbocycles. The summed E-state index contributed by atoms with van der Waals surface area (Å²) in [4.78, 5) is 39.5. The molecule has 1 saturated carbocycles. The van der Waals surface area contributed by atoms with Gasteiger partial charge >= 0.3 is 0 Å². The number of ether oxygens (including phenoxy) is 1. The maximum atomic E-state index is 13.2. The number of nitrogens with one attached hydrogen (secondary N) is 2. The third-order valence-electron chi connectivity index (χ3n) is 7.89. The molecule has 5 rings (SSSR count). The molecule has 2 aliphatic heterocycles. The maximum Gasteiger partial charge on any atom is 0.251 e. The third kappa shape index (κ3) is 5.28. The summed E-state index contributed by atoms with van der Waals surface area (Å²) in [6, 6.07) is 6.14. The molecule has 2 amide bonds. The van der Waals surface area contributed by atoms with Crippen LogP contribution in [0.5, 0.6) is 0 Å². The van der Waals surface area contributed by atoms with Crippen molar-refractivity contribution in [3.63, 3.8) is 0 Å². The Morgan fingerprint density at radius 1 is 1.14 bits per heavy atom. The summed E-state index contributed by atoms with van der Waals surface area (Å²) in [6.07, 6.45) is 8.05. The monoisotopic (exact) mass is 506 g/mol. The van der Waals surface area contributed by atoms with Gasteiger partial charge in [-0.05, 0) is 70.2 Å². The number of nitrogens with zero attached hydrogens (tertiary/aromatic N) is 4. The summed E-state index contributed by atoms with van der Waals surface area (Å²) in [7, 11) is 1.81. The van der Waals surface area contributed by atoms with Gasteiger partial charge in [0.25, 0.3) is 5.91 Å². The van der Waals surface area contributed by atoms with Crippen molar-refractivity contribution < 1.29 is 14.3 Å².